The molecule has 0 saturated carbocycles. The van der Waals surface area contributed by atoms with E-state index >= 15 is 0 Å². The first-order chi connectivity index (χ1) is 12.3. The van der Waals surface area contributed by atoms with Gasteiger partial charge in [0.15, 0.2) is 5.96 Å². The Morgan fingerprint density at radius 1 is 1.15 bits per heavy atom. The molecular formula is C18H23BrN4O2S. The van der Waals surface area contributed by atoms with Gasteiger partial charge in [0, 0.05) is 31.7 Å². The summed E-state index contributed by atoms with van der Waals surface area (Å²) in [5, 5.41) is 3.28. The van der Waals surface area contributed by atoms with Crippen LogP contribution in [0.4, 0.5) is 5.69 Å². The molecule has 0 atom stereocenters. The van der Waals surface area contributed by atoms with Crippen molar-refractivity contribution in [2.45, 2.75) is 13.1 Å². The van der Waals surface area contributed by atoms with Crippen molar-refractivity contribution >= 4 is 37.6 Å². The lowest BCUT2D eigenvalue weighted by Crippen LogP contribution is -2.38. The molecule has 0 spiro atoms. The average molecular weight is 439 g/mol. The van der Waals surface area contributed by atoms with Crippen molar-refractivity contribution in [2.24, 2.45) is 4.99 Å². The van der Waals surface area contributed by atoms with Crippen molar-refractivity contribution < 1.29 is 8.42 Å². The van der Waals surface area contributed by atoms with Gasteiger partial charge in [-0.25, -0.2) is 8.42 Å². The standard InChI is InChI=1S/C18H23BrN4O2S/c1-20-18(23(2)13-14-8-10-16(19)11-9-14)21-12-15-6-4-5-7-17(15)22-26(3,24)25/h4-11,22H,12-13H2,1-3H3,(H,20,21). The Balaban J connectivity index is 2.04. The maximum absolute atomic E-state index is 11.5. The molecule has 2 aromatic rings. The van der Waals surface area contributed by atoms with Gasteiger partial charge in [0.25, 0.3) is 0 Å². The molecule has 0 aliphatic carbocycles. The zero-order chi connectivity index (χ0) is 19.2. The summed E-state index contributed by atoms with van der Waals surface area (Å²) in [7, 11) is 0.353. The quantitative estimate of drug-likeness (QED) is 0.536. The lowest BCUT2D eigenvalue weighted by atomic mass is 10.2. The highest BCUT2D eigenvalue weighted by molar-refractivity contribution is 9.10. The number of nitrogens with one attached hydrogen (secondary N) is 2. The molecule has 26 heavy (non-hydrogen) atoms. The van der Waals surface area contributed by atoms with E-state index in [1.54, 1.807) is 19.2 Å². The largest absolute Gasteiger partial charge is 0.352 e. The summed E-state index contributed by atoms with van der Waals surface area (Å²) in [6.07, 6.45) is 1.14. The third-order valence-electron chi connectivity index (χ3n) is 3.66. The Morgan fingerprint density at radius 3 is 2.42 bits per heavy atom. The van der Waals surface area contributed by atoms with E-state index in [9.17, 15) is 8.42 Å². The topological polar surface area (TPSA) is 73.8 Å². The first kappa shape index (κ1) is 20.3. The number of hydrogen-bond acceptors (Lipinski definition) is 3. The third-order valence-corrected chi connectivity index (χ3v) is 4.78. The summed E-state index contributed by atoms with van der Waals surface area (Å²) >= 11 is 3.43. The fourth-order valence-electron chi connectivity index (χ4n) is 2.47. The number of guanidine groups is 1. The Labute approximate surface area is 163 Å². The predicted molar refractivity (Wildman–Crippen MR) is 111 cm³/mol. The van der Waals surface area contributed by atoms with Gasteiger partial charge in [0.2, 0.25) is 10.0 Å². The highest BCUT2D eigenvalue weighted by Crippen LogP contribution is 2.16. The van der Waals surface area contributed by atoms with Crippen molar-refractivity contribution in [1.82, 2.24) is 10.2 Å². The summed E-state index contributed by atoms with van der Waals surface area (Å²) in [6.45, 7) is 1.16. The van der Waals surface area contributed by atoms with E-state index in [0.717, 1.165) is 27.8 Å². The van der Waals surface area contributed by atoms with Crippen LogP contribution >= 0.6 is 15.9 Å². The van der Waals surface area contributed by atoms with E-state index in [1.165, 1.54) is 0 Å². The maximum atomic E-state index is 11.5. The first-order valence-corrected chi connectivity index (χ1v) is 10.7. The molecule has 0 amide bonds. The monoisotopic (exact) mass is 438 g/mol. The number of halogens is 1. The van der Waals surface area contributed by atoms with Gasteiger partial charge >= 0.3 is 0 Å². The van der Waals surface area contributed by atoms with Gasteiger partial charge in [-0.15, -0.1) is 0 Å². The smallest absolute Gasteiger partial charge is 0.229 e. The number of benzene rings is 2. The van der Waals surface area contributed by atoms with Crippen LogP contribution in [-0.2, 0) is 23.1 Å². The number of aliphatic imine (C=N–C) groups is 1. The van der Waals surface area contributed by atoms with Crippen molar-refractivity contribution in [1.29, 1.82) is 0 Å². The minimum absolute atomic E-state index is 0.454. The molecule has 8 heteroatoms. The van der Waals surface area contributed by atoms with Gasteiger partial charge in [0.05, 0.1) is 11.9 Å². The van der Waals surface area contributed by atoms with Crippen LogP contribution in [0.5, 0.6) is 0 Å². The molecule has 0 bridgehead atoms. The molecule has 0 unspecified atom stereocenters. The Morgan fingerprint density at radius 2 is 1.81 bits per heavy atom. The minimum Gasteiger partial charge on any atom is -0.352 e. The van der Waals surface area contributed by atoms with Gasteiger partial charge in [-0.1, -0.05) is 46.3 Å². The predicted octanol–water partition coefficient (Wildman–Crippen LogP) is 3.03. The fourth-order valence-corrected chi connectivity index (χ4v) is 3.33. The second kappa shape index (κ2) is 9.05. The van der Waals surface area contributed by atoms with Crippen molar-refractivity contribution in [3.8, 4) is 0 Å². The highest BCUT2D eigenvalue weighted by Gasteiger charge is 2.10. The number of sulfonamides is 1. The Hall–Kier alpha value is -2.06. The molecule has 0 aliphatic rings. The lowest BCUT2D eigenvalue weighted by molar-refractivity contribution is 0.476. The number of hydrogen-bond donors (Lipinski definition) is 2. The van der Waals surface area contributed by atoms with Crippen LogP contribution in [-0.4, -0.2) is 39.6 Å². The third kappa shape index (κ3) is 6.34. The number of nitrogens with zero attached hydrogens (tertiary/aromatic N) is 2. The van der Waals surface area contributed by atoms with E-state index in [4.69, 9.17) is 0 Å². The molecule has 6 nitrogen and oxygen atoms in total. The zero-order valence-corrected chi connectivity index (χ0v) is 17.4. The molecule has 0 saturated heterocycles. The van der Waals surface area contributed by atoms with Gasteiger partial charge in [-0.3, -0.25) is 9.71 Å². The highest BCUT2D eigenvalue weighted by atomic mass is 79.9. The maximum Gasteiger partial charge on any atom is 0.229 e. The first-order valence-electron chi connectivity index (χ1n) is 8.00. The van der Waals surface area contributed by atoms with Crippen LogP contribution in [0.15, 0.2) is 58.0 Å². The van der Waals surface area contributed by atoms with Crippen molar-refractivity contribution in [3.63, 3.8) is 0 Å². The van der Waals surface area contributed by atoms with Gasteiger partial charge in [-0.05, 0) is 29.3 Å². The summed E-state index contributed by atoms with van der Waals surface area (Å²) in [5.41, 5.74) is 2.57. The summed E-state index contributed by atoms with van der Waals surface area (Å²) in [4.78, 5) is 6.31. The normalized spacial score (nSPS) is 11.9. The SMILES string of the molecule is CN=C(NCc1ccccc1NS(C)(=O)=O)N(C)Cc1ccc(Br)cc1. The van der Waals surface area contributed by atoms with Crippen LogP contribution in [0.25, 0.3) is 0 Å². The van der Waals surface area contributed by atoms with E-state index < -0.39 is 10.0 Å². The molecule has 2 N–H and O–H groups in total. The zero-order valence-electron chi connectivity index (χ0n) is 15.0. The molecule has 0 aliphatic heterocycles. The van der Waals surface area contributed by atoms with Crippen LogP contribution in [0.1, 0.15) is 11.1 Å². The number of rotatable bonds is 6. The van der Waals surface area contributed by atoms with Crippen LogP contribution in [0, 0.1) is 0 Å². The van der Waals surface area contributed by atoms with E-state index in [-0.39, 0.29) is 0 Å². The van der Waals surface area contributed by atoms with E-state index in [0.29, 0.717) is 18.8 Å². The van der Waals surface area contributed by atoms with Crippen molar-refractivity contribution in [2.75, 3.05) is 25.1 Å². The summed E-state index contributed by atoms with van der Waals surface area (Å²) in [6, 6.07) is 15.4. The van der Waals surface area contributed by atoms with E-state index in [2.05, 4.69) is 43.1 Å². The number of anilines is 1. The molecule has 0 heterocycles. The molecule has 0 aromatic heterocycles. The summed E-state index contributed by atoms with van der Waals surface area (Å²) in [5.74, 6) is 0.724. The fraction of sp³-hybridized carbons (Fsp3) is 0.278. The molecule has 2 aromatic carbocycles. The Bertz CT molecular complexity index is 867. The second-order valence-corrected chi connectivity index (χ2v) is 8.58. The van der Waals surface area contributed by atoms with Gasteiger partial charge in [0.1, 0.15) is 0 Å². The summed E-state index contributed by atoms with van der Waals surface area (Å²) < 4.78 is 26.6. The molecule has 140 valence electrons. The van der Waals surface area contributed by atoms with Crippen LogP contribution in [0.2, 0.25) is 0 Å². The second-order valence-electron chi connectivity index (χ2n) is 5.91. The molecule has 0 fully saturated rings. The minimum atomic E-state index is -3.33. The molecule has 2 rings (SSSR count). The van der Waals surface area contributed by atoms with Gasteiger partial charge in [-0.2, -0.15) is 0 Å². The Kier molecular flexibility index (Phi) is 7.05. The van der Waals surface area contributed by atoms with Crippen LogP contribution < -0.4 is 10.0 Å². The van der Waals surface area contributed by atoms with Crippen molar-refractivity contribution in [3.05, 3.63) is 64.1 Å². The van der Waals surface area contributed by atoms with E-state index in [1.807, 2.05) is 36.2 Å². The average Bonchev–Trinajstić information content (AvgIpc) is 2.57. The van der Waals surface area contributed by atoms with Crippen LogP contribution in [0.3, 0.4) is 0 Å². The number of para-hydroxylation sites is 1. The molecular weight excluding hydrogens is 416 g/mol. The molecule has 0 radical (unpaired) electrons. The lowest BCUT2D eigenvalue weighted by Gasteiger charge is -2.23. The van der Waals surface area contributed by atoms with Gasteiger partial charge < -0.3 is 10.2 Å².